The van der Waals surface area contributed by atoms with E-state index in [0.29, 0.717) is 5.56 Å². The second-order valence-corrected chi connectivity index (χ2v) is 4.15. The second-order valence-electron chi connectivity index (χ2n) is 4.15. The Morgan fingerprint density at radius 3 is 2.71 bits per heavy atom. The largest absolute Gasteiger partial charge is 0.477 e. The molecule has 0 spiro atoms. The Morgan fingerprint density at radius 1 is 1.43 bits per heavy atom. The number of H-pyrrole nitrogens is 1. The van der Waals surface area contributed by atoms with Crippen LogP contribution >= 0.6 is 0 Å². The van der Waals surface area contributed by atoms with Crippen molar-refractivity contribution in [2.75, 3.05) is 5.32 Å². The molecule has 9 heteroatoms. The molecule has 0 saturated heterocycles. The van der Waals surface area contributed by atoms with Crippen molar-refractivity contribution in [3.8, 4) is 0 Å². The van der Waals surface area contributed by atoms with E-state index in [1.54, 1.807) is 13.0 Å². The molecule has 9 nitrogen and oxygen atoms in total. The number of aromatic nitrogens is 2. The van der Waals surface area contributed by atoms with E-state index in [4.69, 9.17) is 5.11 Å². The fourth-order valence-corrected chi connectivity index (χ4v) is 1.77. The maximum atomic E-state index is 12.1. The molecule has 0 atom stereocenters. The molecule has 2 aromatic rings. The zero-order valence-electron chi connectivity index (χ0n) is 10.8. The number of aromatic amines is 1. The minimum absolute atomic E-state index is 0.0325. The van der Waals surface area contributed by atoms with E-state index in [0.717, 1.165) is 6.07 Å². The Morgan fingerprint density at radius 2 is 2.14 bits per heavy atom. The van der Waals surface area contributed by atoms with E-state index in [1.807, 2.05) is 0 Å². The molecule has 0 fully saturated rings. The standard InChI is InChI=1S/C12H10N4O5/c1-6-3-2-4-8(16(20)21)10(6)11(17)13-9-5-7(12(18)19)14-15-9/h2-5H,1H3,(H,18,19)(H2,13,14,15,17). The smallest absolute Gasteiger partial charge is 0.353 e. The van der Waals surface area contributed by atoms with Crippen LogP contribution in [0.15, 0.2) is 24.3 Å². The number of nitrogens with zero attached hydrogens (tertiary/aromatic N) is 2. The summed E-state index contributed by atoms with van der Waals surface area (Å²) in [7, 11) is 0. The van der Waals surface area contributed by atoms with Crippen molar-refractivity contribution >= 4 is 23.4 Å². The monoisotopic (exact) mass is 290 g/mol. The summed E-state index contributed by atoms with van der Waals surface area (Å²) >= 11 is 0. The van der Waals surface area contributed by atoms with E-state index in [2.05, 4.69) is 15.5 Å². The Bertz CT molecular complexity index is 737. The number of amides is 1. The van der Waals surface area contributed by atoms with Crippen molar-refractivity contribution in [3.05, 3.63) is 51.2 Å². The number of benzene rings is 1. The van der Waals surface area contributed by atoms with E-state index in [9.17, 15) is 19.7 Å². The van der Waals surface area contributed by atoms with E-state index in [1.165, 1.54) is 12.1 Å². The zero-order valence-corrected chi connectivity index (χ0v) is 10.8. The summed E-state index contributed by atoms with van der Waals surface area (Å²) in [5, 5.41) is 27.8. The number of nitro groups is 1. The first kappa shape index (κ1) is 14.2. The summed E-state index contributed by atoms with van der Waals surface area (Å²) in [4.78, 5) is 33.1. The molecule has 0 unspecified atom stereocenters. The molecular formula is C12H10N4O5. The number of hydrogen-bond donors (Lipinski definition) is 3. The van der Waals surface area contributed by atoms with Gasteiger partial charge in [0.1, 0.15) is 11.3 Å². The lowest BCUT2D eigenvalue weighted by molar-refractivity contribution is -0.385. The van der Waals surface area contributed by atoms with Gasteiger partial charge in [-0.05, 0) is 12.5 Å². The molecule has 0 radical (unpaired) electrons. The predicted octanol–water partition coefficient (Wildman–Crippen LogP) is 1.58. The third-order valence-corrected chi connectivity index (χ3v) is 2.72. The van der Waals surface area contributed by atoms with Crippen LogP contribution in [0.3, 0.4) is 0 Å². The van der Waals surface area contributed by atoms with Gasteiger partial charge in [0.25, 0.3) is 11.6 Å². The van der Waals surface area contributed by atoms with Gasteiger partial charge < -0.3 is 10.4 Å². The van der Waals surface area contributed by atoms with Crippen LogP contribution in [-0.4, -0.2) is 32.1 Å². The summed E-state index contributed by atoms with van der Waals surface area (Å²) < 4.78 is 0. The van der Waals surface area contributed by atoms with Gasteiger partial charge in [-0.2, -0.15) is 5.10 Å². The third-order valence-electron chi connectivity index (χ3n) is 2.72. The van der Waals surface area contributed by atoms with Crippen LogP contribution in [0, 0.1) is 17.0 Å². The second kappa shape index (κ2) is 5.41. The Kier molecular flexibility index (Phi) is 3.65. The minimum atomic E-state index is -1.23. The number of nitrogens with one attached hydrogen (secondary N) is 2. The molecule has 2 rings (SSSR count). The van der Waals surface area contributed by atoms with Crippen LogP contribution in [0.25, 0.3) is 0 Å². The van der Waals surface area contributed by atoms with Gasteiger partial charge in [-0.25, -0.2) is 4.79 Å². The highest BCUT2D eigenvalue weighted by atomic mass is 16.6. The maximum Gasteiger partial charge on any atom is 0.353 e. The maximum absolute atomic E-state index is 12.1. The molecular weight excluding hydrogens is 280 g/mol. The average molecular weight is 290 g/mol. The molecule has 0 bridgehead atoms. The molecule has 0 aliphatic rings. The van der Waals surface area contributed by atoms with Crippen LogP contribution < -0.4 is 5.32 Å². The van der Waals surface area contributed by atoms with Crippen molar-refractivity contribution in [1.82, 2.24) is 10.2 Å². The highest BCUT2D eigenvalue weighted by Gasteiger charge is 2.23. The van der Waals surface area contributed by atoms with E-state index < -0.39 is 16.8 Å². The Hall–Kier alpha value is -3.23. The molecule has 1 aromatic carbocycles. The molecule has 21 heavy (non-hydrogen) atoms. The van der Waals surface area contributed by atoms with Crippen LogP contribution in [0.5, 0.6) is 0 Å². The number of carboxylic acid groups (broad SMARTS) is 1. The van der Waals surface area contributed by atoms with Gasteiger partial charge in [0.15, 0.2) is 5.82 Å². The molecule has 1 heterocycles. The number of carboxylic acids is 1. The number of hydrogen-bond acceptors (Lipinski definition) is 5. The van der Waals surface area contributed by atoms with E-state index >= 15 is 0 Å². The van der Waals surface area contributed by atoms with Crippen molar-refractivity contribution in [2.24, 2.45) is 0 Å². The SMILES string of the molecule is Cc1cccc([N+](=O)[O-])c1C(=O)Nc1cc(C(=O)O)[nH]n1. The van der Waals surface area contributed by atoms with Gasteiger partial charge in [0.05, 0.1) is 4.92 Å². The number of nitro benzene ring substituents is 1. The van der Waals surface area contributed by atoms with Gasteiger partial charge >= 0.3 is 5.97 Å². The lowest BCUT2D eigenvalue weighted by Crippen LogP contribution is -2.15. The quantitative estimate of drug-likeness (QED) is 0.577. The average Bonchev–Trinajstić information content (AvgIpc) is 2.86. The van der Waals surface area contributed by atoms with E-state index in [-0.39, 0.29) is 22.8 Å². The minimum Gasteiger partial charge on any atom is -0.477 e. The summed E-state index contributed by atoms with van der Waals surface area (Å²) in [6.45, 7) is 1.56. The summed E-state index contributed by atoms with van der Waals surface area (Å²) in [5.74, 6) is -2.00. The topological polar surface area (TPSA) is 138 Å². The fourth-order valence-electron chi connectivity index (χ4n) is 1.77. The van der Waals surface area contributed by atoms with Crippen LogP contribution in [0.1, 0.15) is 26.4 Å². The first-order chi connectivity index (χ1) is 9.90. The number of carbonyl (C=O) groups excluding carboxylic acids is 1. The molecule has 1 aromatic heterocycles. The van der Waals surface area contributed by atoms with Gasteiger partial charge in [0, 0.05) is 12.1 Å². The highest BCUT2D eigenvalue weighted by Crippen LogP contribution is 2.22. The number of aromatic carboxylic acids is 1. The summed E-state index contributed by atoms with van der Waals surface area (Å²) in [6.07, 6.45) is 0. The summed E-state index contributed by atoms with van der Waals surface area (Å²) in [6, 6.07) is 5.37. The zero-order chi connectivity index (χ0) is 15.6. The van der Waals surface area contributed by atoms with Crippen molar-refractivity contribution in [3.63, 3.8) is 0 Å². The number of anilines is 1. The van der Waals surface area contributed by atoms with Gasteiger partial charge in [0.2, 0.25) is 0 Å². The number of carbonyl (C=O) groups is 2. The lowest BCUT2D eigenvalue weighted by atomic mass is 10.1. The third kappa shape index (κ3) is 2.86. The molecule has 1 amide bonds. The molecule has 0 aliphatic carbocycles. The van der Waals surface area contributed by atoms with Gasteiger partial charge in [-0.3, -0.25) is 20.0 Å². The Labute approximate surface area is 117 Å². The lowest BCUT2D eigenvalue weighted by Gasteiger charge is -2.06. The molecule has 0 aliphatic heterocycles. The predicted molar refractivity (Wildman–Crippen MR) is 71.3 cm³/mol. The first-order valence-electron chi connectivity index (χ1n) is 5.74. The van der Waals surface area contributed by atoms with Crippen molar-refractivity contribution in [1.29, 1.82) is 0 Å². The van der Waals surface area contributed by atoms with Gasteiger partial charge in [-0.15, -0.1) is 0 Å². The highest BCUT2D eigenvalue weighted by molar-refractivity contribution is 6.08. The Balaban J connectivity index is 2.32. The molecule has 3 N–H and O–H groups in total. The fraction of sp³-hybridized carbons (Fsp3) is 0.0833. The van der Waals surface area contributed by atoms with Gasteiger partial charge in [-0.1, -0.05) is 12.1 Å². The normalized spacial score (nSPS) is 10.1. The van der Waals surface area contributed by atoms with Crippen molar-refractivity contribution in [2.45, 2.75) is 6.92 Å². The van der Waals surface area contributed by atoms with Crippen LogP contribution in [0.2, 0.25) is 0 Å². The number of aryl methyl sites for hydroxylation is 1. The van der Waals surface area contributed by atoms with Crippen molar-refractivity contribution < 1.29 is 19.6 Å². The number of rotatable bonds is 4. The summed E-state index contributed by atoms with van der Waals surface area (Å²) in [5.41, 5.74) is -0.204. The molecule has 108 valence electrons. The van der Waals surface area contributed by atoms with Crippen LogP contribution in [-0.2, 0) is 0 Å². The molecule has 0 saturated carbocycles. The van der Waals surface area contributed by atoms with Crippen LogP contribution in [0.4, 0.5) is 11.5 Å². The first-order valence-corrected chi connectivity index (χ1v) is 5.74.